The first-order valence-corrected chi connectivity index (χ1v) is 8.70. The minimum atomic E-state index is 0.0934. The number of hydrogen-bond donors (Lipinski definition) is 1. The van der Waals surface area contributed by atoms with Crippen LogP contribution in [0.1, 0.15) is 55.1 Å². The maximum atomic E-state index is 5.22. The molecule has 20 heavy (non-hydrogen) atoms. The van der Waals surface area contributed by atoms with Crippen molar-refractivity contribution in [3.8, 4) is 0 Å². The number of methoxy groups -OCH3 is 1. The van der Waals surface area contributed by atoms with E-state index in [1.165, 1.54) is 41.3 Å². The van der Waals surface area contributed by atoms with Gasteiger partial charge in [-0.05, 0) is 32.1 Å². The van der Waals surface area contributed by atoms with E-state index in [4.69, 9.17) is 9.72 Å². The minimum absolute atomic E-state index is 0.0934. The summed E-state index contributed by atoms with van der Waals surface area (Å²) < 4.78 is 5.22. The molecule has 1 N–H and O–H groups in total. The lowest BCUT2D eigenvalue weighted by Crippen LogP contribution is -2.46. The lowest BCUT2D eigenvalue weighted by Gasteiger charge is -2.34. The number of aromatic nitrogens is 1. The highest BCUT2D eigenvalue weighted by atomic mass is 32.1. The minimum Gasteiger partial charge on any atom is -0.383 e. The van der Waals surface area contributed by atoms with Gasteiger partial charge < -0.3 is 10.1 Å². The lowest BCUT2D eigenvalue weighted by molar-refractivity contribution is 0.167. The second-order valence-electron chi connectivity index (χ2n) is 5.76. The van der Waals surface area contributed by atoms with Gasteiger partial charge in [-0.1, -0.05) is 26.7 Å². The Morgan fingerprint density at radius 1 is 1.45 bits per heavy atom. The smallest absolute Gasteiger partial charge is 0.114 e. The molecule has 0 aromatic carbocycles. The van der Waals surface area contributed by atoms with Crippen LogP contribution in [0.2, 0.25) is 0 Å². The highest BCUT2D eigenvalue weighted by Gasteiger charge is 2.45. The first-order valence-electron chi connectivity index (χ1n) is 7.88. The second-order valence-corrected chi connectivity index (χ2v) is 6.97. The summed E-state index contributed by atoms with van der Waals surface area (Å²) in [5.41, 5.74) is 1.37. The van der Waals surface area contributed by atoms with Crippen molar-refractivity contribution in [2.75, 3.05) is 20.3 Å². The van der Waals surface area contributed by atoms with Gasteiger partial charge in [0.15, 0.2) is 0 Å². The van der Waals surface area contributed by atoms with Crippen LogP contribution in [0.4, 0.5) is 0 Å². The topological polar surface area (TPSA) is 34.2 Å². The van der Waals surface area contributed by atoms with E-state index in [-0.39, 0.29) is 5.54 Å². The van der Waals surface area contributed by atoms with E-state index in [9.17, 15) is 0 Å². The number of aryl methyl sites for hydroxylation is 2. The Morgan fingerprint density at radius 3 is 2.85 bits per heavy atom. The van der Waals surface area contributed by atoms with Crippen molar-refractivity contribution in [1.29, 1.82) is 0 Å². The van der Waals surface area contributed by atoms with Crippen molar-refractivity contribution < 1.29 is 4.74 Å². The fraction of sp³-hybridized carbons (Fsp3) is 0.812. The van der Waals surface area contributed by atoms with Crippen molar-refractivity contribution in [2.24, 2.45) is 5.92 Å². The quantitative estimate of drug-likeness (QED) is 0.780. The molecule has 1 aromatic heterocycles. The Bertz CT molecular complexity index is 432. The van der Waals surface area contributed by atoms with Crippen LogP contribution in [0, 0.1) is 12.8 Å². The highest BCUT2D eigenvalue weighted by molar-refractivity contribution is 7.11. The van der Waals surface area contributed by atoms with E-state index in [1.807, 2.05) is 11.3 Å². The Morgan fingerprint density at radius 2 is 2.25 bits per heavy atom. The Hall–Kier alpha value is -0.450. The van der Waals surface area contributed by atoms with Gasteiger partial charge in [-0.2, -0.15) is 0 Å². The molecule has 2 rings (SSSR count). The average Bonchev–Trinajstić information content (AvgIpc) is 3.03. The summed E-state index contributed by atoms with van der Waals surface area (Å²) >= 11 is 1.90. The summed E-state index contributed by atoms with van der Waals surface area (Å²) in [4.78, 5) is 6.36. The Labute approximate surface area is 127 Å². The monoisotopic (exact) mass is 296 g/mol. The van der Waals surface area contributed by atoms with E-state index in [1.54, 1.807) is 7.11 Å². The van der Waals surface area contributed by atoms with Crippen molar-refractivity contribution in [1.82, 2.24) is 10.3 Å². The van der Waals surface area contributed by atoms with E-state index in [2.05, 4.69) is 26.1 Å². The first-order chi connectivity index (χ1) is 9.67. The predicted molar refractivity (Wildman–Crippen MR) is 85.4 cm³/mol. The lowest BCUT2D eigenvalue weighted by atomic mass is 9.85. The SMILES string of the molecule is CCc1nc(C2(NCCOC)CCCC2CC)sc1C. The molecule has 3 nitrogen and oxygen atoms in total. The molecule has 2 unspecified atom stereocenters. The largest absolute Gasteiger partial charge is 0.383 e. The second kappa shape index (κ2) is 7.01. The Kier molecular flexibility index (Phi) is 5.58. The number of rotatable bonds is 7. The number of ether oxygens (including phenoxy) is 1. The molecule has 0 bridgehead atoms. The van der Waals surface area contributed by atoms with Gasteiger partial charge in [-0.3, -0.25) is 0 Å². The van der Waals surface area contributed by atoms with Crippen LogP contribution in [-0.4, -0.2) is 25.2 Å². The van der Waals surface area contributed by atoms with Crippen molar-refractivity contribution in [3.05, 3.63) is 15.6 Å². The number of nitrogens with one attached hydrogen (secondary N) is 1. The summed E-state index contributed by atoms with van der Waals surface area (Å²) in [5.74, 6) is 0.703. The molecule has 1 aliphatic carbocycles. The third-order valence-corrected chi connectivity index (χ3v) is 5.86. The maximum absolute atomic E-state index is 5.22. The molecular formula is C16H28N2OS. The molecule has 1 fully saturated rings. The van der Waals surface area contributed by atoms with Crippen molar-refractivity contribution in [2.45, 2.75) is 58.4 Å². The molecule has 1 heterocycles. The molecule has 0 saturated heterocycles. The van der Waals surface area contributed by atoms with Gasteiger partial charge in [-0.15, -0.1) is 11.3 Å². The van der Waals surface area contributed by atoms with Crippen LogP contribution in [0.5, 0.6) is 0 Å². The molecule has 4 heteroatoms. The van der Waals surface area contributed by atoms with Gasteiger partial charge in [-0.25, -0.2) is 4.98 Å². The summed E-state index contributed by atoms with van der Waals surface area (Å²) in [6, 6.07) is 0. The standard InChI is InChI=1S/C16H28N2OS/c1-5-13-8-7-9-16(13,17-10-11-19-4)15-18-14(6-2)12(3)20-15/h13,17H,5-11H2,1-4H3. The Balaban J connectivity index is 2.29. The predicted octanol–water partition coefficient (Wildman–Crippen LogP) is 3.66. The first kappa shape index (κ1) is 15.9. The molecule has 1 saturated carbocycles. The van der Waals surface area contributed by atoms with E-state index in [0.717, 1.165) is 19.6 Å². The van der Waals surface area contributed by atoms with Crippen molar-refractivity contribution in [3.63, 3.8) is 0 Å². The van der Waals surface area contributed by atoms with E-state index in [0.29, 0.717) is 5.92 Å². The van der Waals surface area contributed by atoms with Crippen LogP contribution in [0.3, 0.4) is 0 Å². The van der Waals surface area contributed by atoms with Gasteiger partial charge in [0, 0.05) is 18.5 Å². The number of hydrogen-bond acceptors (Lipinski definition) is 4. The zero-order valence-electron chi connectivity index (χ0n) is 13.3. The van der Waals surface area contributed by atoms with Gasteiger partial charge in [0.25, 0.3) is 0 Å². The molecule has 0 aliphatic heterocycles. The zero-order chi connectivity index (χ0) is 14.6. The van der Waals surface area contributed by atoms with Crippen LogP contribution >= 0.6 is 11.3 Å². The summed E-state index contributed by atoms with van der Waals surface area (Å²) in [7, 11) is 1.77. The van der Waals surface area contributed by atoms with Gasteiger partial charge in [0.05, 0.1) is 17.8 Å². The van der Waals surface area contributed by atoms with Gasteiger partial charge in [0.1, 0.15) is 5.01 Å². The van der Waals surface area contributed by atoms with E-state index >= 15 is 0 Å². The molecular weight excluding hydrogens is 268 g/mol. The normalized spacial score (nSPS) is 26.3. The summed E-state index contributed by atoms with van der Waals surface area (Å²) in [6.07, 6.45) is 6.09. The molecule has 0 amide bonds. The van der Waals surface area contributed by atoms with Crippen LogP contribution < -0.4 is 5.32 Å². The summed E-state index contributed by atoms with van der Waals surface area (Å²) in [6.45, 7) is 8.39. The van der Waals surface area contributed by atoms with Crippen LogP contribution in [-0.2, 0) is 16.7 Å². The third-order valence-electron chi connectivity index (χ3n) is 4.67. The van der Waals surface area contributed by atoms with Crippen LogP contribution in [0.25, 0.3) is 0 Å². The number of nitrogens with zero attached hydrogens (tertiary/aromatic N) is 1. The van der Waals surface area contributed by atoms with Crippen molar-refractivity contribution >= 4 is 11.3 Å². The van der Waals surface area contributed by atoms with Gasteiger partial charge >= 0.3 is 0 Å². The zero-order valence-corrected chi connectivity index (χ0v) is 14.1. The average molecular weight is 296 g/mol. The summed E-state index contributed by atoms with van der Waals surface area (Å²) in [5, 5.41) is 5.11. The van der Waals surface area contributed by atoms with E-state index < -0.39 is 0 Å². The fourth-order valence-corrected chi connectivity index (χ4v) is 4.82. The molecule has 114 valence electrons. The molecule has 0 spiro atoms. The maximum Gasteiger partial charge on any atom is 0.114 e. The van der Waals surface area contributed by atoms with Crippen LogP contribution in [0.15, 0.2) is 0 Å². The third kappa shape index (κ3) is 2.92. The fourth-order valence-electron chi connectivity index (χ4n) is 3.54. The molecule has 0 radical (unpaired) electrons. The molecule has 1 aliphatic rings. The molecule has 1 aromatic rings. The highest BCUT2D eigenvalue weighted by Crippen LogP contribution is 2.46. The van der Waals surface area contributed by atoms with Gasteiger partial charge in [0.2, 0.25) is 0 Å². The molecule has 2 atom stereocenters. The number of thiazole rings is 1.